The van der Waals surface area contributed by atoms with E-state index in [4.69, 9.17) is 11.6 Å². The molecule has 18 heavy (non-hydrogen) atoms. The fourth-order valence-corrected chi connectivity index (χ4v) is 2.80. The van der Waals surface area contributed by atoms with E-state index in [2.05, 4.69) is 44.1 Å². The minimum absolute atomic E-state index is 0.532. The molecule has 0 bridgehead atoms. The Hall–Kier alpha value is -1.28. The lowest BCUT2D eigenvalue weighted by molar-refractivity contribution is 0.658. The van der Waals surface area contributed by atoms with E-state index in [0.717, 1.165) is 17.8 Å². The van der Waals surface area contributed by atoms with Gasteiger partial charge in [-0.1, -0.05) is 29.3 Å². The van der Waals surface area contributed by atoms with Crippen LogP contribution in [0.4, 0.5) is 0 Å². The van der Waals surface area contributed by atoms with Gasteiger partial charge in [0.2, 0.25) is 0 Å². The van der Waals surface area contributed by atoms with Crippen LogP contribution in [0.2, 0.25) is 0 Å². The molecule has 1 aromatic carbocycles. The average molecular weight is 263 g/mol. The molecule has 0 saturated carbocycles. The Balaban J connectivity index is 2.34. The number of halogens is 1. The van der Waals surface area contributed by atoms with Gasteiger partial charge in [-0.25, -0.2) is 0 Å². The molecule has 0 N–H and O–H groups in total. The molecule has 0 radical (unpaired) electrons. The normalized spacial score (nSPS) is 10.9. The maximum absolute atomic E-state index is 5.95. The van der Waals surface area contributed by atoms with Gasteiger partial charge in [-0.15, -0.1) is 11.6 Å². The van der Waals surface area contributed by atoms with Crippen LogP contribution in [0.15, 0.2) is 18.2 Å². The Morgan fingerprint density at radius 3 is 2.17 bits per heavy atom. The molecular formula is C15H19ClN2. The molecule has 0 fully saturated rings. The fraction of sp³-hybridized carbons (Fsp3) is 0.400. The SMILES string of the molecule is Cc1cc(C)cc(Cn2nc(C)c(CCl)c2C)c1. The van der Waals surface area contributed by atoms with E-state index in [0.29, 0.717) is 5.88 Å². The lowest BCUT2D eigenvalue weighted by atomic mass is 10.1. The maximum atomic E-state index is 5.95. The second-order valence-corrected chi connectivity index (χ2v) is 5.20. The van der Waals surface area contributed by atoms with E-state index >= 15 is 0 Å². The first-order chi connectivity index (χ1) is 8.51. The highest BCUT2D eigenvalue weighted by molar-refractivity contribution is 6.17. The smallest absolute Gasteiger partial charge is 0.0662 e. The van der Waals surface area contributed by atoms with Crippen LogP contribution >= 0.6 is 11.6 Å². The summed E-state index contributed by atoms with van der Waals surface area (Å²) in [7, 11) is 0. The van der Waals surface area contributed by atoms with E-state index in [-0.39, 0.29) is 0 Å². The van der Waals surface area contributed by atoms with Crippen molar-refractivity contribution >= 4 is 11.6 Å². The monoisotopic (exact) mass is 262 g/mol. The number of nitrogens with zero attached hydrogens (tertiary/aromatic N) is 2. The van der Waals surface area contributed by atoms with Gasteiger partial charge in [0, 0.05) is 11.3 Å². The van der Waals surface area contributed by atoms with Crippen molar-refractivity contribution in [3.8, 4) is 0 Å². The standard InChI is InChI=1S/C15H19ClN2/c1-10-5-11(2)7-14(6-10)9-18-13(4)15(8-16)12(3)17-18/h5-7H,8-9H2,1-4H3. The Bertz CT molecular complexity index is 550. The summed E-state index contributed by atoms with van der Waals surface area (Å²) >= 11 is 5.95. The van der Waals surface area contributed by atoms with Crippen molar-refractivity contribution in [3.05, 3.63) is 51.8 Å². The number of rotatable bonds is 3. The third-order valence-electron chi connectivity index (χ3n) is 3.28. The van der Waals surface area contributed by atoms with Gasteiger partial charge in [0.15, 0.2) is 0 Å². The van der Waals surface area contributed by atoms with Gasteiger partial charge >= 0.3 is 0 Å². The van der Waals surface area contributed by atoms with Crippen molar-refractivity contribution in [2.75, 3.05) is 0 Å². The molecule has 1 heterocycles. The van der Waals surface area contributed by atoms with Gasteiger partial charge < -0.3 is 0 Å². The summed E-state index contributed by atoms with van der Waals surface area (Å²) in [6.45, 7) is 9.17. The average Bonchev–Trinajstić information content (AvgIpc) is 2.52. The van der Waals surface area contributed by atoms with Crippen LogP contribution in [0.5, 0.6) is 0 Å². The molecule has 3 heteroatoms. The van der Waals surface area contributed by atoms with Gasteiger partial charge in [-0.3, -0.25) is 4.68 Å². The molecule has 0 saturated heterocycles. The lowest BCUT2D eigenvalue weighted by Gasteiger charge is -2.07. The summed E-state index contributed by atoms with van der Waals surface area (Å²) < 4.78 is 2.04. The molecule has 0 spiro atoms. The number of hydrogen-bond acceptors (Lipinski definition) is 1. The zero-order chi connectivity index (χ0) is 13.3. The van der Waals surface area contributed by atoms with Crippen molar-refractivity contribution in [1.82, 2.24) is 9.78 Å². The molecule has 1 aromatic heterocycles. The fourth-order valence-electron chi connectivity index (χ4n) is 2.41. The third-order valence-corrected chi connectivity index (χ3v) is 3.55. The maximum Gasteiger partial charge on any atom is 0.0662 e. The van der Waals surface area contributed by atoms with E-state index < -0.39 is 0 Å². The van der Waals surface area contributed by atoms with Gasteiger partial charge in [0.05, 0.1) is 18.1 Å². The Morgan fingerprint density at radius 1 is 1.06 bits per heavy atom. The second kappa shape index (κ2) is 5.15. The summed E-state index contributed by atoms with van der Waals surface area (Å²) in [4.78, 5) is 0. The van der Waals surface area contributed by atoms with Gasteiger partial charge in [0.25, 0.3) is 0 Å². The van der Waals surface area contributed by atoms with Crippen molar-refractivity contribution in [3.63, 3.8) is 0 Å². The third kappa shape index (κ3) is 2.59. The first-order valence-corrected chi connectivity index (χ1v) is 6.70. The van der Waals surface area contributed by atoms with Crippen LogP contribution in [-0.2, 0) is 12.4 Å². The molecule has 0 aliphatic carbocycles. The van der Waals surface area contributed by atoms with Crippen LogP contribution in [0.1, 0.15) is 33.6 Å². The summed E-state index contributed by atoms with van der Waals surface area (Å²) in [5, 5.41) is 4.57. The molecule has 2 aromatic rings. The van der Waals surface area contributed by atoms with E-state index in [1.54, 1.807) is 0 Å². The minimum Gasteiger partial charge on any atom is -0.265 e. The summed E-state index contributed by atoms with van der Waals surface area (Å²) in [5.74, 6) is 0.532. The predicted molar refractivity (Wildman–Crippen MR) is 76.3 cm³/mol. The number of aromatic nitrogens is 2. The minimum atomic E-state index is 0.532. The molecule has 2 nitrogen and oxygen atoms in total. The number of aryl methyl sites for hydroxylation is 3. The van der Waals surface area contributed by atoms with Crippen LogP contribution in [0.3, 0.4) is 0 Å². The summed E-state index contributed by atoms with van der Waals surface area (Å²) in [5.41, 5.74) is 7.24. The number of benzene rings is 1. The van der Waals surface area contributed by atoms with E-state index in [1.165, 1.54) is 22.4 Å². The highest BCUT2D eigenvalue weighted by Gasteiger charge is 2.10. The molecule has 96 valence electrons. The Morgan fingerprint density at radius 2 is 1.67 bits per heavy atom. The predicted octanol–water partition coefficient (Wildman–Crippen LogP) is 3.90. The quantitative estimate of drug-likeness (QED) is 0.767. The first kappa shape index (κ1) is 13.2. The molecule has 0 aliphatic rings. The van der Waals surface area contributed by atoms with Gasteiger partial charge in [-0.2, -0.15) is 5.10 Å². The van der Waals surface area contributed by atoms with Gasteiger partial charge in [0.1, 0.15) is 0 Å². The summed E-state index contributed by atoms with van der Waals surface area (Å²) in [6, 6.07) is 6.61. The van der Waals surface area contributed by atoms with Crippen LogP contribution in [0, 0.1) is 27.7 Å². The second-order valence-electron chi connectivity index (χ2n) is 4.94. The zero-order valence-electron chi connectivity index (χ0n) is 11.4. The van der Waals surface area contributed by atoms with Crippen molar-refractivity contribution in [1.29, 1.82) is 0 Å². The Labute approximate surface area is 114 Å². The Kier molecular flexibility index (Phi) is 3.76. The number of hydrogen-bond donors (Lipinski definition) is 0. The van der Waals surface area contributed by atoms with Crippen molar-refractivity contribution < 1.29 is 0 Å². The van der Waals surface area contributed by atoms with Gasteiger partial charge in [-0.05, 0) is 33.3 Å². The molecule has 0 atom stereocenters. The zero-order valence-corrected chi connectivity index (χ0v) is 12.2. The highest BCUT2D eigenvalue weighted by Crippen LogP contribution is 2.17. The highest BCUT2D eigenvalue weighted by atomic mass is 35.5. The van der Waals surface area contributed by atoms with E-state index in [1.807, 2.05) is 11.6 Å². The van der Waals surface area contributed by atoms with Crippen LogP contribution < -0.4 is 0 Å². The largest absolute Gasteiger partial charge is 0.265 e. The molecule has 0 amide bonds. The van der Waals surface area contributed by atoms with Crippen molar-refractivity contribution in [2.45, 2.75) is 40.1 Å². The lowest BCUT2D eigenvalue weighted by Crippen LogP contribution is -2.04. The molecule has 0 unspecified atom stereocenters. The topological polar surface area (TPSA) is 17.8 Å². The van der Waals surface area contributed by atoms with Crippen LogP contribution in [-0.4, -0.2) is 9.78 Å². The molecule has 0 aliphatic heterocycles. The molecular weight excluding hydrogens is 244 g/mol. The summed E-state index contributed by atoms with van der Waals surface area (Å²) in [6.07, 6.45) is 0. The number of alkyl halides is 1. The molecule has 2 rings (SSSR count). The first-order valence-electron chi connectivity index (χ1n) is 6.17. The van der Waals surface area contributed by atoms with Crippen LogP contribution in [0.25, 0.3) is 0 Å². The van der Waals surface area contributed by atoms with Crippen molar-refractivity contribution in [2.24, 2.45) is 0 Å². The van der Waals surface area contributed by atoms with E-state index in [9.17, 15) is 0 Å².